The molecule has 0 unspecified atom stereocenters. The third kappa shape index (κ3) is 5.04. The molecular weight excluding hydrogens is 315 g/mol. The first kappa shape index (κ1) is 17.9. The third-order valence-corrected chi connectivity index (χ3v) is 3.89. The van der Waals surface area contributed by atoms with Crippen LogP contribution in [0, 0.1) is 5.82 Å². The molecule has 6 nitrogen and oxygen atoms in total. The van der Waals surface area contributed by atoms with Gasteiger partial charge in [-0.05, 0) is 31.9 Å². The highest BCUT2D eigenvalue weighted by molar-refractivity contribution is 5.96. The molecule has 1 aliphatic rings. The molecule has 0 bridgehead atoms. The zero-order valence-corrected chi connectivity index (χ0v) is 13.5. The van der Waals surface area contributed by atoms with E-state index in [1.54, 1.807) is 0 Å². The van der Waals surface area contributed by atoms with Crippen molar-refractivity contribution in [3.8, 4) is 0 Å². The normalized spacial score (nSPS) is 15.6. The molecule has 0 saturated heterocycles. The van der Waals surface area contributed by atoms with Crippen LogP contribution >= 0.6 is 0 Å². The Morgan fingerprint density at radius 2 is 1.92 bits per heavy atom. The summed E-state index contributed by atoms with van der Waals surface area (Å²) < 4.78 is 18.4. The first-order valence-corrected chi connectivity index (χ1v) is 8.00. The molecule has 1 aromatic rings. The Kier molecular flexibility index (Phi) is 6.28. The van der Waals surface area contributed by atoms with Gasteiger partial charge in [0.1, 0.15) is 12.4 Å². The second-order valence-electron chi connectivity index (χ2n) is 5.78. The summed E-state index contributed by atoms with van der Waals surface area (Å²) in [5.74, 6) is -2.50. The summed E-state index contributed by atoms with van der Waals surface area (Å²) in [6.07, 6.45) is 3.10. The molecule has 1 aliphatic carbocycles. The van der Waals surface area contributed by atoms with Gasteiger partial charge in [0.15, 0.2) is 6.10 Å². The monoisotopic (exact) mass is 336 g/mol. The molecule has 130 valence electrons. The summed E-state index contributed by atoms with van der Waals surface area (Å²) in [5.41, 5.74) is -0.155. The maximum Gasteiger partial charge on any atom is 0.326 e. The van der Waals surface area contributed by atoms with Crippen molar-refractivity contribution < 1.29 is 23.5 Å². The smallest absolute Gasteiger partial charge is 0.326 e. The SMILES string of the molecule is C[C@H](OC(=O)CNC(=O)c1ccccc1F)C(=O)NC1CCCC1. The molecule has 2 rings (SSSR count). The van der Waals surface area contributed by atoms with Crippen LogP contribution in [0.25, 0.3) is 0 Å². The number of rotatable bonds is 6. The molecule has 2 N–H and O–H groups in total. The minimum atomic E-state index is -0.941. The number of hydrogen-bond donors (Lipinski definition) is 2. The van der Waals surface area contributed by atoms with E-state index in [1.165, 1.54) is 25.1 Å². The Morgan fingerprint density at radius 1 is 1.25 bits per heavy atom. The van der Waals surface area contributed by atoms with E-state index in [0.717, 1.165) is 31.7 Å². The van der Waals surface area contributed by atoms with E-state index >= 15 is 0 Å². The molecule has 1 aromatic carbocycles. The lowest BCUT2D eigenvalue weighted by Gasteiger charge is -2.17. The van der Waals surface area contributed by atoms with Gasteiger partial charge in [-0.3, -0.25) is 14.4 Å². The highest BCUT2D eigenvalue weighted by atomic mass is 19.1. The molecule has 1 atom stereocenters. The van der Waals surface area contributed by atoms with Crippen molar-refractivity contribution >= 4 is 17.8 Å². The molecule has 2 amide bonds. The molecule has 0 aromatic heterocycles. The number of esters is 1. The van der Waals surface area contributed by atoms with Crippen molar-refractivity contribution in [2.24, 2.45) is 0 Å². The number of nitrogens with one attached hydrogen (secondary N) is 2. The Hall–Kier alpha value is -2.44. The van der Waals surface area contributed by atoms with Gasteiger partial charge in [-0.15, -0.1) is 0 Å². The Bertz CT molecular complexity index is 614. The van der Waals surface area contributed by atoms with E-state index in [-0.39, 0.29) is 17.5 Å². The van der Waals surface area contributed by atoms with E-state index in [2.05, 4.69) is 10.6 Å². The van der Waals surface area contributed by atoms with E-state index in [4.69, 9.17) is 4.74 Å². The van der Waals surface area contributed by atoms with Gasteiger partial charge in [0, 0.05) is 6.04 Å². The zero-order valence-electron chi connectivity index (χ0n) is 13.5. The number of hydrogen-bond acceptors (Lipinski definition) is 4. The first-order chi connectivity index (χ1) is 11.5. The number of halogens is 1. The van der Waals surface area contributed by atoms with Crippen molar-refractivity contribution in [1.29, 1.82) is 0 Å². The molecule has 24 heavy (non-hydrogen) atoms. The Morgan fingerprint density at radius 3 is 2.58 bits per heavy atom. The highest BCUT2D eigenvalue weighted by Gasteiger charge is 2.23. The Labute approximate surface area is 139 Å². The summed E-state index contributed by atoms with van der Waals surface area (Å²) in [7, 11) is 0. The van der Waals surface area contributed by atoms with E-state index in [0.29, 0.717) is 0 Å². The summed E-state index contributed by atoms with van der Waals surface area (Å²) in [4.78, 5) is 35.4. The average molecular weight is 336 g/mol. The summed E-state index contributed by atoms with van der Waals surface area (Å²) in [5, 5.41) is 5.10. The standard InChI is InChI=1S/C17H21FN2O4/c1-11(16(22)20-12-6-2-3-7-12)24-15(21)10-19-17(23)13-8-4-5-9-14(13)18/h4-5,8-9,11-12H,2-3,6-7,10H2,1H3,(H,19,23)(H,20,22)/t11-/m0/s1. The number of ether oxygens (including phenoxy) is 1. The van der Waals surface area contributed by atoms with Crippen LogP contribution in [0.5, 0.6) is 0 Å². The fourth-order valence-corrected chi connectivity index (χ4v) is 2.57. The van der Waals surface area contributed by atoms with Crippen LogP contribution in [0.15, 0.2) is 24.3 Å². The molecule has 0 heterocycles. The van der Waals surface area contributed by atoms with Crippen molar-refractivity contribution in [2.75, 3.05) is 6.54 Å². The average Bonchev–Trinajstić information content (AvgIpc) is 3.06. The second kappa shape index (κ2) is 8.42. The van der Waals surface area contributed by atoms with Crippen molar-refractivity contribution in [3.05, 3.63) is 35.6 Å². The minimum Gasteiger partial charge on any atom is -0.451 e. The van der Waals surface area contributed by atoms with Crippen molar-refractivity contribution in [2.45, 2.75) is 44.8 Å². The van der Waals surface area contributed by atoms with Crippen LogP contribution in [0.1, 0.15) is 43.0 Å². The van der Waals surface area contributed by atoms with Crippen molar-refractivity contribution in [1.82, 2.24) is 10.6 Å². The first-order valence-electron chi connectivity index (χ1n) is 8.00. The number of benzene rings is 1. The Balaban J connectivity index is 1.75. The maximum absolute atomic E-state index is 13.4. The predicted molar refractivity (Wildman–Crippen MR) is 84.7 cm³/mol. The number of carbonyl (C=O) groups is 3. The third-order valence-electron chi connectivity index (χ3n) is 3.89. The number of amides is 2. The summed E-state index contributed by atoms with van der Waals surface area (Å²) in [6.45, 7) is 1.04. The van der Waals surface area contributed by atoms with Crippen LogP contribution in [0.3, 0.4) is 0 Å². The maximum atomic E-state index is 13.4. The van der Waals surface area contributed by atoms with Gasteiger partial charge in [0.25, 0.3) is 11.8 Å². The van der Waals surface area contributed by atoms with E-state index in [9.17, 15) is 18.8 Å². The predicted octanol–water partition coefficient (Wildman–Crippen LogP) is 1.55. The molecular formula is C17H21FN2O4. The molecule has 1 fully saturated rings. The second-order valence-corrected chi connectivity index (χ2v) is 5.78. The minimum absolute atomic E-state index is 0.138. The largest absolute Gasteiger partial charge is 0.451 e. The summed E-state index contributed by atoms with van der Waals surface area (Å²) >= 11 is 0. The van der Waals surface area contributed by atoms with Crippen LogP contribution < -0.4 is 10.6 Å². The van der Waals surface area contributed by atoms with Crippen LogP contribution in [0.4, 0.5) is 4.39 Å². The molecule has 0 aliphatic heterocycles. The van der Waals surface area contributed by atoms with Gasteiger partial charge in [0.05, 0.1) is 5.56 Å². The fourth-order valence-electron chi connectivity index (χ4n) is 2.57. The van der Waals surface area contributed by atoms with Gasteiger partial charge >= 0.3 is 5.97 Å². The lowest BCUT2D eigenvalue weighted by Crippen LogP contribution is -2.42. The van der Waals surface area contributed by atoms with Gasteiger partial charge in [-0.1, -0.05) is 25.0 Å². The molecule has 0 radical (unpaired) electrons. The highest BCUT2D eigenvalue weighted by Crippen LogP contribution is 2.17. The fraction of sp³-hybridized carbons (Fsp3) is 0.471. The topological polar surface area (TPSA) is 84.5 Å². The van der Waals surface area contributed by atoms with Crippen LogP contribution in [-0.2, 0) is 14.3 Å². The lowest BCUT2D eigenvalue weighted by atomic mass is 10.2. The van der Waals surface area contributed by atoms with Crippen molar-refractivity contribution in [3.63, 3.8) is 0 Å². The van der Waals surface area contributed by atoms with Gasteiger partial charge < -0.3 is 15.4 Å². The molecule has 0 spiro atoms. The molecule has 1 saturated carbocycles. The van der Waals surface area contributed by atoms with Crippen LogP contribution in [0.2, 0.25) is 0 Å². The lowest BCUT2D eigenvalue weighted by molar-refractivity contribution is -0.154. The quantitative estimate of drug-likeness (QED) is 0.772. The molecule has 7 heteroatoms. The number of carbonyl (C=O) groups excluding carboxylic acids is 3. The summed E-state index contributed by atoms with van der Waals surface area (Å²) in [6, 6.07) is 5.59. The van der Waals surface area contributed by atoms with Gasteiger partial charge in [-0.2, -0.15) is 0 Å². The zero-order chi connectivity index (χ0) is 17.5. The van der Waals surface area contributed by atoms with E-state index < -0.39 is 30.3 Å². The van der Waals surface area contributed by atoms with Crippen LogP contribution in [-0.4, -0.2) is 36.5 Å². The van der Waals surface area contributed by atoms with Gasteiger partial charge in [0.2, 0.25) is 0 Å². The van der Waals surface area contributed by atoms with E-state index in [1.807, 2.05) is 0 Å². The van der Waals surface area contributed by atoms with Gasteiger partial charge in [-0.25, -0.2) is 4.39 Å².